The zero-order valence-electron chi connectivity index (χ0n) is 20.0. The summed E-state index contributed by atoms with van der Waals surface area (Å²) in [4.78, 5) is 32.7. The molecule has 0 aliphatic heterocycles. The Morgan fingerprint density at radius 3 is 1.68 bits per heavy atom. The van der Waals surface area contributed by atoms with E-state index in [1.807, 2.05) is 6.92 Å². The summed E-state index contributed by atoms with van der Waals surface area (Å²) in [5, 5.41) is 32.7. The zero-order valence-corrected chi connectivity index (χ0v) is 26.0. The molecule has 0 saturated carbocycles. The van der Waals surface area contributed by atoms with Crippen molar-refractivity contribution in [2.24, 2.45) is 5.92 Å². The SMILES string of the molecule is CC(C)=CCCC(C)=CCCC(C)=CCOC(C(=O)[O-])C(CC(=O)[O-])C(=O)[O-].[Na+].[Na+].[Na+]. The van der Waals surface area contributed by atoms with Crippen LogP contribution in [0.25, 0.3) is 0 Å². The van der Waals surface area contributed by atoms with Crippen LogP contribution in [0.15, 0.2) is 34.9 Å². The first-order valence-corrected chi connectivity index (χ1v) is 9.22. The monoisotopic (exact) mass is 462 g/mol. The van der Waals surface area contributed by atoms with Crippen LogP contribution in [0.5, 0.6) is 0 Å². The number of hydrogen-bond acceptors (Lipinski definition) is 7. The van der Waals surface area contributed by atoms with Crippen molar-refractivity contribution in [3.05, 3.63) is 34.9 Å². The van der Waals surface area contributed by atoms with E-state index < -0.39 is 36.4 Å². The molecule has 0 rings (SSSR count). The standard InChI is InChI=1S/C21H32O7.3Na/c1-14(2)7-5-8-15(3)9-6-10-16(4)11-12-28-19(21(26)27)17(20(24)25)13-18(22)23;;;/h7,9,11,17,19H,5-6,8,10,12-13H2,1-4H3,(H,22,23)(H,24,25)(H,26,27);;;/q;3*+1/p-3. The number of carbonyl (C=O) groups excluding carboxylic acids is 3. The van der Waals surface area contributed by atoms with Gasteiger partial charge in [0, 0.05) is 17.9 Å². The average Bonchev–Trinajstić information content (AvgIpc) is 2.56. The van der Waals surface area contributed by atoms with Crippen molar-refractivity contribution in [1.82, 2.24) is 0 Å². The number of hydrogen-bond donors (Lipinski definition) is 0. The van der Waals surface area contributed by atoms with Crippen LogP contribution in [-0.2, 0) is 19.1 Å². The van der Waals surface area contributed by atoms with Crippen LogP contribution in [-0.4, -0.2) is 30.6 Å². The largest absolute Gasteiger partial charge is 1.00 e. The maximum absolute atomic E-state index is 11.1. The van der Waals surface area contributed by atoms with Gasteiger partial charge in [0.1, 0.15) is 6.10 Å². The molecule has 0 N–H and O–H groups in total. The number of carboxylic acids is 3. The molecule has 158 valence electrons. The quantitative estimate of drug-likeness (QED) is 0.185. The van der Waals surface area contributed by atoms with Crippen molar-refractivity contribution in [2.75, 3.05) is 6.61 Å². The maximum atomic E-state index is 11.1. The Labute approximate surface area is 251 Å². The minimum atomic E-state index is -1.93. The summed E-state index contributed by atoms with van der Waals surface area (Å²) >= 11 is 0. The number of rotatable bonds is 14. The van der Waals surface area contributed by atoms with Crippen molar-refractivity contribution in [3.8, 4) is 0 Å². The Kier molecular flexibility index (Phi) is 28.0. The number of aliphatic carboxylic acids is 3. The molecular weight excluding hydrogens is 433 g/mol. The minimum Gasteiger partial charge on any atom is -0.550 e. The molecule has 0 aromatic heterocycles. The van der Waals surface area contributed by atoms with Crippen LogP contribution in [0.1, 0.15) is 59.8 Å². The van der Waals surface area contributed by atoms with Crippen LogP contribution in [0, 0.1) is 5.92 Å². The third kappa shape index (κ3) is 20.9. The summed E-state index contributed by atoms with van der Waals surface area (Å²) in [6, 6.07) is 0. The first kappa shape index (κ1) is 38.8. The molecule has 0 fully saturated rings. The second-order valence-corrected chi connectivity index (χ2v) is 7.03. The van der Waals surface area contributed by atoms with E-state index in [0.717, 1.165) is 31.3 Å². The second kappa shape index (κ2) is 22.4. The topological polar surface area (TPSA) is 130 Å². The Hall–Kier alpha value is 0.590. The Bertz CT molecular complexity index is 639. The van der Waals surface area contributed by atoms with E-state index in [1.54, 1.807) is 6.08 Å². The molecule has 31 heavy (non-hydrogen) atoms. The zero-order chi connectivity index (χ0) is 21.7. The number of carboxylic acid groups (broad SMARTS) is 3. The van der Waals surface area contributed by atoms with E-state index in [1.165, 1.54) is 11.1 Å². The van der Waals surface area contributed by atoms with Crippen molar-refractivity contribution in [1.29, 1.82) is 0 Å². The van der Waals surface area contributed by atoms with Gasteiger partial charge in [-0.3, -0.25) is 0 Å². The van der Waals surface area contributed by atoms with E-state index in [9.17, 15) is 29.7 Å². The smallest absolute Gasteiger partial charge is 0.550 e. The van der Waals surface area contributed by atoms with Gasteiger partial charge in [-0.25, -0.2) is 0 Å². The molecule has 0 spiro atoms. The first-order chi connectivity index (χ1) is 13.0. The molecule has 7 nitrogen and oxygen atoms in total. The van der Waals surface area contributed by atoms with Crippen LogP contribution in [0.2, 0.25) is 0 Å². The van der Waals surface area contributed by atoms with Gasteiger partial charge >= 0.3 is 88.7 Å². The number of ether oxygens (including phenoxy) is 1. The molecule has 0 aliphatic rings. The molecular formula is C21H29Na3O7. The maximum Gasteiger partial charge on any atom is 1.00 e. The van der Waals surface area contributed by atoms with Crippen LogP contribution < -0.4 is 104 Å². The molecule has 10 heteroatoms. The molecule has 0 amide bonds. The average molecular weight is 462 g/mol. The normalized spacial score (nSPS) is 12.9. The van der Waals surface area contributed by atoms with Gasteiger partial charge in [-0.05, 0) is 59.8 Å². The molecule has 0 bridgehead atoms. The van der Waals surface area contributed by atoms with Crippen LogP contribution >= 0.6 is 0 Å². The van der Waals surface area contributed by atoms with Gasteiger partial charge in [-0.2, -0.15) is 0 Å². The van der Waals surface area contributed by atoms with Crippen molar-refractivity contribution < 1.29 is 123 Å². The third-order valence-corrected chi connectivity index (χ3v) is 4.12. The fraction of sp³-hybridized carbons (Fsp3) is 0.571. The van der Waals surface area contributed by atoms with Crippen molar-refractivity contribution >= 4 is 17.9 Å². The first-order valence-electron chi connectivity index (χ1n) is 9.22. The van der Waals surface area contributed by atoms with Crippen molar-refractivity contribution in [3.63, 3.8) is 0 Å². The third-order valence-electron chi connectivity index (χ3n) is 4.12. The van der Waals surface area contributed by atoms with Gasteiger partial charge < -0.3 is 34.4 Å². The summed E-state index contributed by atoms with van der Waals surface area (Å²) < 4.78 is 5.03. The molecule has 0 saturated heterocycles. The van der Waals surface area contributed by atoms with Gasteiger partial charge in [0.15, 0.2) is 0 Å². The predicted molar refractivity (Wildman–Crippen MR) is 98.3 cm³/mol. The molecule has 0 aliphatic carbocycles. The summed E-state index contributed by atoms with van der Waals surface area (Å²) in [6.45, 7) is 7.87. The summed E-state index contributed by atoms with van der Waals surface area (Å²) in [5.41, 5.74) is 3.52. The molecule has 0 heterocycles. The van der Waals surface area contributed by atoms with E-state index in [-0.39, 0.29) is 95.3 Å². The molecule has 0 aromatic carbocycles. The van der Waals surface area contributed by atoms with E-state index in [0.29, 0.717) is 0 Å². The van der Waals surface area contributed by atoms with Gasteiger partial charge in [0.25, 0.3) is 0 Å². The summed E-state index contributed by atoms with van der Waals surface area (Å²) in [5.74, 6) is -7.23. The predicted octanol–water partition coefficient (Wildman–Crippen LogP) is -8.94. The van der Waals surface area contributed by atoms with E-state index >= 15 is 0 Å². The molecule has 0 radical (unpaired) electrons. The van der Waals surface area contributed by atoms with Gasteiger partial charge in [-0.15, -0.1) is 0 Å². The minimum absolute atomic E-state index is 0. The van der Waals surface area contributed by atoms with Crippen molar-refractivity contribution in [2.45, 2.75) is 65.9 Å². The Balaban J connectivity index is -0.00000121. The molecule has 0 aromatic rings. The van der Waals surface area contributed by atoms with Gasteiger partial charge in [0.05, 0.1) is 12.6 Å². The second-order valence-electron chi connectivity index (χ2n) is 7.03. The Morgan fingerprint density at radius 1 is 0.774 bits per heavy atom. The van der Waals surface area contributed by atoms with E-state index in [2.05, 4.69) is 32.9 Å². The fourth-order valence-corrected chi connectivity index (χ4v) is 2.47. The van der Waals surface area contributed by atoms with E-state index in [4.69, 9.17) is 4.74 Å². The molecule has 2 atom stereocenters. The fourth-order valence-electron chi connectivity index (χ4n) is 2.47. The van der Waals surface area contributed by atoms with Crippen LogP contribution in [0.4, 0.5) is 0 Å². The molecule has 2 unspecified atom stereocenters. The number of allylic oxidation sites excluding steroid dienone is 5. The summed E-state index contributed by atoms with van der Waals surface area (Å²) in [6.07, 6.45) is 6.57. The number of carbonyl (C=O) groups is 3. The van der Waals surface area contributed by atoms with Gasteiger partial charge in [0.2, 0.25) is 0 Å². The summed E-state index contributed by atoms with van der Waals surface area (Å²) in [7, 11) is 0. The Morgan fingerprint density at radius 2 is 1.26 bits per heavy atom. The van der Waals surface area contributed by atoms with Crippen LogP contribution in [0.3, 0.4) is 0 Å². The van der Waals surface area contributed by atoms with Gasteiger partial charge in [-0.1, -0.05) is 34.9 Å².